The second-order valence-corrected chi connectivity index (χ2v) is 3.90. The predicted molar refractivity (Wildman–Crippen MR) is 61.9 cm³/mol. The standard InChI is InChI=1S/C11H11ClFN3/c1-16-7-10(6-15-16)14-5-8-2-3-9(13)4-11(8)12/h2-4,6-7,14H,5H2,1H3. The van der Waals surface area contributed by atoms with Crippen LogP contribution in [0.1, 0.15) is 5.56 Å². The van der Waals surface area contributed by atoms with Crippen LogP contribution in [0.4, 0.5) is 10.1 Å². The number of benzene rings is 1. The molecule has 0 aliphatic carbocycles. The average molecular weight is 240 g/mol. The Morgan fingerprint density at radius 2 is 2.31 bits per heavy atom. The van der Waals surface area contributed by atoms with E-state index in [0.29, 0.717) is 11.6 Å². The van der Waals surface area contributed by atoms with E-state index in [9.17, 15) is 4.39 Å². The summed E-state index contributed by atoms with van der Waals surface area (Å²) in [5.41, 5.74) is 1.76. The van der Waals surface area contributed by atoms with E-state index in [1.165, 1.54) is 12.1 Å². The van der Waals surface area contributed by atoms with Gasteiger partial charge in [0, 0.05) is 24.8 Å². The summed E-state index contributed by atoms with van der Waals surface area (Å²) in [5, 5.41) is 7.61. The second-order valence-electron chi connectivity index (χ2n) is 3.49. The Morgan fingerprint density at radius 1 is 1.50 bits per heavy atom. The molecule has 5 heteroatoms. The molecule has 0 saturated carbocycles. The van der Waals surface area contributed by atoms with Crippen molar-refractivity contribution in [3.63, 3.8) is 0 Å². The number of aromatic nitrogens is 2. The van der Waals surface area contributed by atoms with E-state index < -0.39 is 0 Å². The maximum atomic E-state index is 12.8. The van der Waals surface area contributed by atoms with Crippen LogP contribution in [-0.2, 0) is 13.6 Å². The van der Waals surface area contributed by atoms with Gasteiger partial charge in [0.1, 0.15) is 5.82 Å². The van der Waals surface area contributed by atoms with Gasteiger partial charge in [-0.15, -0.1) is 0 Å². The molecule has 0 aliphatic heterocycles. The Kier molecular flexibility index (Phi) is 3.10. The van der Waals surface area contributed by atoms with Crippen molar-refractivity contribution >= 4 is 17.3 Å². The molecule has 0 aliphatic rings. The zero-order valence-electron chi connectivity index (χ0n) is 8.74. The molecule has 16 heavy (non-hydrogen) atoms. The summed E-state index contributed by atoms with van der Waals surface area (Å²) in [6.07, 6.45) is 3.58. The smallest absolute Gasteiger partial charge is 0.124 e. The van der Waals surface area contributed by atoms with E-state index in [1.807, 2.05) is 13.2 Å². The minimum absolute atomic E-state index is 0.324. The lowest BCUT2D eigenvalue weighted by molar-refractivity contribution is 0.627. The third-order valence-corrected chi connectivity index (χ3v) is 2.55. The van der Waals surface area contributed by atoms with Gasteiger partial charge in [0.2, 0.25) is 0 Å². The number of nitrogens with one attached hydrogen (secondary N) is 1. The highest BCUT2D eigenvalue weighted by Gasteiger charge is 2.02. The number of nitrogens with zero attached hydrogens (tertiary/aromatic N) is 2. The van der Waals surface area contributed by atoms with E-state index >= 15 is 0 Å². The Labute approximate surface area is 97.8 Å². The van der Waals surface area contributed by atoms with Crippen LogP contribution in [0.3, 0.4) is 0 Å². The monoisotopic (exact) mass is 239 g/mol. The average Bonchev–Trinajstić information content (AvgIpc) is 2.63. The Hall–Kier alpha value is -1.55. The fraction of sp³-hybridized carbons (Fsp3) is 0.182. The van der Waals surface area contributed by atoms with Gasteiger partial charge in [0.25, 0.3) is 0 Å². The molecule has 0 unspecified atom stereocenters. The Bertz CT molecular complexity index is 496. The van der Waals surface area contributed by atoms with Crippen molar-refractivity contribution in [1.82, 2.24) is 9.78 Å². The normalized spacial score (nSPS) is 10.4. The molecule has 84 valence electrons. The van der Waals surface area contributed by atoms with Crippen LogP contribution in [0.25, 0.3) is 0 Å². The van der Waals surface area contributed by atoms with Crippen molar-refractivity contribution in [2.24, 2.45) is 7.05 Å². The maximum Gasteiger partial charge on any atom is 0.124 e. The molecule has 1 N–H and O–H groups in total. The quantitative estimate of drug-likeness (QED) is 0.893. The predicted octanol–water partition coefficient (Wildman–Crippen LogP) is 2.82. The summed E-state index contributed by atoms with van der Waals surface area (Å²) in [4.78, 5) is 0. The lowest BCUT2D eigenvalue weighted by Gasteiger charge is -2.05. The molecule has 0 bridgehead atoms. The van der Waals surface area contributed by atoms with Gasteiger partial charge in [0.15, 0.2) is 0 Å². The van der Waals surface area contributed by atoms with E-state index in [2.05, 4.69) is 10.4 Å². The minimum atomic E-state index is -0.324. The topological polar surface area (TPSA) is 29.9 Å². The highest BCUT2D eigenvalue weighted by Crippen LogP contribution is 2.18. The van der Waals surface area contributed by atoms with Gasteiger partial charge in [0.05, 0.1) is 11.9 Å². The van der Waals surface area contributed by atoms with E-state index in [-0.39, 0.29) is 5.82 Å². The number of anilines is 1. The van der Waals surface area contributed by atoms with E-state index in [0.717, 1.165) is 11.3 Å². The van der Waals surface area contributed by atoms with E-state index in [1.54, 1.807) is 16.9 Å². The number of rotatable bonds is 3. The van der Waals surface area contributed by atoms with Crippen LogP contribution in [0.2, 0.25) is 5.02 Å². The van der Waals surface area contributed by atoms with Crippen LogP contribution < -0.4 is 5.32 Å². The summed E-state index contributed by atoms with van der Waals surface area (Å²) >= 11 is 5.90. The molecule has 1 heterocycles. The molecule has 0 radical (unpaired) electrons. The number of halogens is 2. The summed E-state index contributed by atoms with van der Waals surface area (Å²) in [6, 6.07) is 4.37. The molecule has 1 aromatic heterocycles. The molecular formula is C11H11ClFN3. The van der Waals surface area contributed by atoms with Crippen LogP contribution in [0.5, 0.6) is 0 Å². The molecule has 0 spiro atoms. The van der Waals surface area contributed by atoms with Gasteiger partial charge >= 0.3 is 0 Å². The van der Waals surface area contributed by atoms with Crippen LogP contribution in [0.15, 0.2) is 30.6 Å². The first-order valence-corrected chi connectivity index (χ1v) is 5.19. The number of hydrogen-bond donors (Lipinski definition) is 1. The van der Waals surface area contributed by atoms with Crippen molar-refractivity contribution in [2.75, 3.05) is 5.32 Å². The fourth-order valence-electron chi connectivity index (χ4n) is 1.37. The van der Waals surface area contributed by atoms with Crippen molar-refractivity contribution in [1.29, 1.82) is 0 Å². The third kappa shape index (κ3) is 2.52. The first-order valence-electron chi connectivity index (χ1n) is 4.81. The third-order valence-electron chi connectivity index (χ3n) is 2.20. The zero-order chi connectivity index (χ0) is 11.5. The largest absolute Gasteiger partial charge is 0.378 e. The minimum Gasteiger partial charge on any atom is -0.378 e. The van der Waals surface area contributed by atoms with Crippen molar-refractivity contribution in [3.8, 4) is 0 Å². The summed E-state index contributed by atoms with van der Waals surface area (Å²) in [6.45, 7) is 0.546. The molecule has 1 aromatic carbocycles. The molecule has 0 amide bonds. The van der Waals surface area contributed by atoms with Gasteiger partial charge in [-0.05, 0) is 17.7 Å². The van der Waals surface area contributed by atoms with Crippen LogP contribution in [0, 0.1) is 5.82 Å². The van der Waals surface area contributed by atoms with Crippen LogP contribution in [-0.4, -0.2) is 9.78 Å². The Morgan fingerprint density at radius 3 is 2.94 bits per heavy atom. The summed E-state index contributed by atoms with van der Waals surface area (Å²) < 4.78 is 14.5. The lowest BCUT2D eigenvalue weighted by atomic mass is 10.2. The molecule has 0 fully saturated rings. The second kappa shape index (κ2) is 4.53. The van der Waals surface area contributed by atoms with Crippen molar-refractivity contribution in [3.05, 3.63) is 47.0 Å². The number of aryl methyl sites for hydroxylation is 1. The maximum absolute atomic E-state index is 12.8. The molecule has 0 saturated heterocycles. The first-order chi connectivity index (χ1) is 7.65. The highest BCUT2D eigenvalue weighted by molar-refractivity contribution is 6.31. The van der Waals surface area contributed by atoms with Gasteiger partial charge in [-0.2, -0.15) is 5.10 Å². The van der Waals surface area contributed by atoms with Gasteiger partial charge in [-0.3, -0.25) is 4.68 Å². The first kappa shape index (κ1) is 11.0. The molecule has 2 rings (SSSR count). The van der Waals surface area contributed by atoms with E-state index in [4.69, 9.17) is 11.6 Å². The van der Waals surface area contributed by atoms with Crippen molar-refractivity contribution < 1.29 is 4.39 Å². The fourth-order valence-corrected chi connectivity index (χ4v) is 1.61. The highest BCUT2D eigenvalue weighted by atomic mass is 35.5. The molecular weight excluding hydrogens is 229 g/mol. The SMILES string of the molecule is Cn1cc(NCc2ccc(F)cc2Cl)cn1. The summed E-state index contributed by atoms with van der Waals surface area (Å²) in [7, 11) is 1.84. The van der Waals surface area contributed by atoms with Gasteiger partial charge < -0.3 is 5.32 Å². The number of hydrogen-bond acceptors (Lipinski definition) is 2. The molecule has 0 atom stereocenters. The lowest BCUT2D eigenvalue weighted by Crippen LogP contribution is -1.99. The zero-order valence-corrected chi connectivity index (χ0v) is 9.50. The van der Waals surface area contributed by atoms with Crippen molar-refractivity contribution in [2.45, 2.75) is 6.54 Å². The van der Waals surface area contributed by atoms with Gasteiger partial charge in [-0.1, -0.05) is 17.7 Å². The van der Waals surface area contributed by atoms with Crippen LogP contribution >= 0.6 is 11.6 Å². The van der Waals surface area contributed by atoms with Gasteiger partial charge in [-0.25, -0.2) is 4.39 Å². The summed E-state index contributed by atoms with van der Waals surface area (Å²) in [5.74, 6) is -0.324. The Balaban J connectivity index is 2.04. The molecule has 3 nitrogen and oxygen atoms in total. The molecule has 2 aromatic rings.